The quantitative estimate of drug-likeness (QED) is 0.895. The van der Waals surface area contributed by atoms with E-state index in [9.17, 15) is 9.90 Å². The third-order valence-electron chi connectivity index (χ3n) is 4.75. The molecule has 1 aromatic rings. The normalized spacial score (nSPS) is 28.6. The number of aliphatic hydroxyl groups is 1. The summed E-state index contributed by atoms with van der Waals surface area (Å²) < 4.78 is 5.63. The highest BCUT2D eigenvalue weighted by molar-refractivity contribution is 5.85. The Kier molecular flexibility index (Phi) is 3.71. The maximum atomic E-state index is 12.6. The first kappa shape index (κ1) is 14.5. The number of carbonyl (C=O) groups is 1. The minimum Gasteiger partial charge on any atom is -0.385 e. The lowest BCUT2D eigenvalue weighted by molar-refractivity contribution is -0.155. The summed E-state index contributed by atoms with van der Waals surface area (Å²) in [6, 6.07) is 3.73. The van der Waals surface area contributed by atoms with Crippen LogP contribution in [0.4, 0.5) is 0 Å². The molecule has 114 valence electrons. The Bertz CT molecular complexity index is 504. The molecule has 0 aromatic carbocycles. The van der Waals surface area contributed by atoms with Crippen molar-refractivity contribution in [1.82, 2.24) is 9.88 Å². The van der Waals surface area contributed by atoms with Gasteiger partial charge in [-0.15, -0.1) is 0 Å². The van der Waals surface area contributed by atoms with E-state index in [2.05, 4.69) is 4.98 Å². The van der Waals surface area contributed by atoms with Crippen molar-refractivity contribution in [3.8, 4) is 0 Å². The number of hydrogen-bond acceptors (Lipinski definition) is 4. The molecule has 5 nitrogen and oxygen atoms in total. The van der Waals surface area contributed by atoms with Crippen LogP contribution < -0.4 is 0 Å². The van der Waals surface area contributed by atoms with Gasteiger partial charge in [-0.3, -0.25) is 9.78 Å². The lowest BCUT2D eigenvalue weighted by atomic mass is 9.84. The predicted octanol–water partition coefficient (Wildman–Crippen LogP) is 1.46. The molecule has 2 fully saturated rings. The molecule has 0 saturated carbocycles. The van der Waals surface area contributed by atoms with Crippen LogP contribution in [-0.4, -0.2) is 46.2 Å². The molecule has 21 heavy (non-hydrogen) atoms. The second-order valence-corrected chi connectivity index (χ2v) is 6.25. The predicted molar refractivity (Wildman–Crippen MR) is 77.5 cm³/mol. The first-order chi connectivity index (χ1) is 10.0. The summed E-state index contributed by atoms with van der Waals surface area (Å²) in [5.41, 5.74) is -0.702. The Hall–Kier alpha value is -1.46. The number of ether oxygens (including phenoxy) is 1. The topological polar surface area (TPSA) is 62.7 Å². The summed E-state index contributed by atoms with van der Waals surface area (Å²) in [5.74, 6) is 0.0632. The first-order valence-corrected chi connectivity index (χ1v) is 7.60. The largest absolute Gasteiger partial charge is 0.385 e. The Morgan fingerprint density at radius 2 is 2.14 bits per heavy atom. The molecule has 0 spiro atoms. The maximum absolute atomic E-state index is 12.6. The van der Waals surface area contributed by atoms with Gasteiger partial charge in [0, 0.05) is 37.7 Å². The number of rotatable bonds is 2. The number of likely N-dealkylation sites (tertiary alicyclic amines) is 1. The molecule has 2 aliphatic heterocycles. The summed E-state index contributed by atoms with van der Waals surface area (Å²) in [7, 11) is 0. The first-order valence-electron chi connectivity index (χ1n) is 7.60. The summed E-state index contributed by atoms with van der Waals surface area (Å²) >= 11 is 0. The zero-order chi connectivity index (χ0) is 14.9. The smallest absolute Gasteiger partial charge is 0.254 e. The van der Waals surface area contributed by atoms with Gasteiger partial charge in [0.05, 0.1) is 5.60 Å². The van der Waals surface area contributed by atoms with E-state index in [1.807, 2.05) is 24.0 Å². The zero-order valence-electron chi connectivity index (χ0n) is 12.4. The molecule has 3 rings (SSSR count). The Morgan fingerprint density at radius 3 is 2.71 bits per heavy atom. The van der Waals surface area contributed by atoms with E-state index in [0.29, 0.717) is 32.5 Å². The van der Waals surface area contributed by atoms with Crippen molar-refractivity contribution in [3.05, 3.63) is 30.1 Å². The fraction of sp³-hybridized carbons (Fsp3) is 0.625. The summed E-state index contributed by atoms with van der Waals surface area (Å²) in [4.78, 5) is 18.5. The van der Waals surface area contributed by atoms with Crippen molar-refractivity contribution < 1.29 is 14.6 Å². The van der Waals surface area contributed by atoms with Crippen LogP contribution in [0.25, 0.3) is 0 Å². The molecular formula is C16H22N2O3. The van der Waals surface area contributed by atoms with Crippen molar-refractivity contribution >= 4 is 5.91 Å². The van der Waals surface area contributed by atoms with Crippen LogP contribution in [0.2, 0.25) is 0 Å². The minimum absolute atomic E-state index is 0.0632. The molecular weight excluding hydrogens is 268 g/mol. The SMILES string of the molecule is C[C@]1(C(=O)N2CCC(O)(c3cccnc3)CC2)CCCO1. The van der Waals surface area contributed by atoms with Crippen molar-refractivity contribution in [1.29, 1.82) is 0 Å². The molecule has 1 aromatic heterocycles. The van der Waals surface area contributed by atoms with Crippen LogP contribution in [0, 0.1) is 0 Å². The van der Waals surface area contributed by atoms with Gasteiger partial charge in [-0.25, -0.2) is 0 Å². The summed E-state index contributed by atoms with van der Waals surface area (Å²) in [5, 5.41) is 10.8. The second-order valence-electron chi connectivity index (χ2n) is 6.25. The van der Waals surface area contributed by atoms with Crippen LogP contribution in [0.15, 0.2) is 24.5 Å². The number of pyridine rings is 1. The van der Waals surface area contributed by atoms with Gasteiger partial charge < -0.3 is 14.7 Å². The van der Waals surface area contributed by atoms with Crippen molar-refractivity contribution in [2.45, 2.75) is 43.8 Å². The van der Waals surface area contributed by atoms with E-state index in [1.165, 1.54) is 0 Å². The van der Waals surface area contributed by atoms with Crippen LogP contribution in [0.5, 0.6) is 0 Å². The molecule has 3 heterocycles. The Morgan fingerprint density at radius 1 is 1.38 bits per heavy atom. The van der Waals surface area contributed by atoms with Crippen molar-refractivity contribution in [2.75, 3.05) is 19.7 Å². The van der Waals surface area contributed by atoms with Gasteiger partial charge in [-0.05, 0) is 38.7 Å². The number of aromatic nitrogens is 1. The number of amides is 1. The maximum Gasteiger partial charge on any atom is 0.254 e. The van der Waals surface area contributed by atoms with Crippen molar-refractivity contribution in [2.24, 2.45) is 0 Å². The molecule has 1 amide bonds. The van der Waals surface area contributed by atoms with Crippen LogP contribution in [0.1, 0.15) is 38.2 Å². The van der Waals surface area contributed by atoms with Gasteiger partial charge in [0.25, 0.3) is 5.91 Å². The molecule has 0 radical (unpaired) electrons. The second kappa shape index (κ2) is 5.39. The van der Waals surface area contributed by atoms with E-state index >= 15 is 0 Å². The van der Waals surface area contributed by atoms with Gasteiger partial charge >= 0.3 is 0 Å². The molecule has 1 atom stereocenters. The number of piperidine rings is 1. The Balaban J connectivity index is 1.66. The fourth-order valence-electron chi connectivity index (χ4n) is 3.29. The number of carbonyl (C=O) groups excluding carboxylic acids is 1. The van der Waals surface area contributed by atoms with E-state index in [4.69, 9.17) is 4.74 Å². The summed E-state index contributed by atoms with van der Waals surface area (Å²) in [6.45, 7) is 3.66. The monoisotopic (exact) mass is 290 g/mol. The molecule has 0 unspecified atom stereocenters. The third-order valence-corrected chi connectivity index (χ3v) is 4.75. The molecule has 0 bridgehead atoms. The summed E-state index contributed by atoms with van der Waals surface area (Å²) in [6.07, 6.45) is 6.22. The van der Waals surface area contributed by atoms with Gasteiger partial charge in [0.2, 0.25) is 0 Å². The van der Waals surface area contributed by atoms with E-state index < -0.39 is 11.2 Å². The van der Waals surface area contributed by atoms with Gasteiger partial charge in [-0.2, -0.15) is 0 Å². The zero-order valence-corrected chi connectivity index (χ0v) is 12.4. The van der Waals surface area contributed by atoms with Crippen LogP contribution >= 0.6 is 0 Å². The average Bonchev–Trinajstić information content (AvgIpc) is 2.96. The standard InChI is InChI=1S/C16H22N2O3/c1-15(5-3-11-21-15)14(19)18-9-6-16(20,7-10-18)13-4-2-8-17-12-13/h2,4,8,12,20H,3,5-7,9-11H2,1H3/t15-/m1/s1. The highest BCUT2D eigenvalue weighted by Crippen LogP contribution is 2.34. The third kappa shape index (κ3) is 2.68. The lowest BCUT2D eigenvalue weighted by Gasteiger charge is -2.40. The number of hydrogen-bond donors (Lipinski definition) is 1. The highest BCUT2D eigenvalue weighted by Gasteiger charge is 2.43. The van der Waals surface area contributed by atoms with Crippen LogP contribution in [-0.2, 0) is 15.1 Å². The fourth-order valence-corrected chi connectivity index (χ4v) is 3.29. The molecule has 0 aliphatic carbocycles. The van der Waals surface area contributed by atoms with E-state index in [-0.39, 0.29) is 5.91 Å². The highest BCUT2D eigenvalue weighted by atomic mass is 16.5. The number of nitrogens with zero attached hydrogens (tertiary/aromatic N) is 2. The molecule has 5 heteroatoms. The van der Waals surface area contributed by atoms with Gasteiger partial charge in [0.1, 0.15) is 5.60 Å². The van der Waals surface area contributed by atoms with Gasteiger partial charge in [-0.1, -0.05) is 6.07 Å². The van der Waals surface area contributed by atoms with Crippen molar-refractivity contribution in [3.63, 3.8) is 0 Å². The van der Waals surface area contributed by atoms with E-state index in [0.717, 1.165) is 18.4 Å². The molecule has 2 aliphatic rings. The van der Waals surface area contributed by atoms with Crippen LogP contribution in [0.3, 0.4) is 0 Å². The van der Waals surface area contributed by atoms with Gasteiger partial charge in [0.15, 0.2) is 0 Å². The average molecular weight is 290 g/mol. The lowest BCUT2D eigenvalue weighted by Crippen LogP contribution is -2.52. The Labute approximate surface area is 124 Å². The molecule has 1 N–H and O–H groups in total. The molecule has 2 saturated heterocycles. The van der Waals surface area contributed by atoms with E-state index in [1.54, 1.807) is 12.4 Å². The minimum atomic E-state index is -0.873.